The quantitative estimate of drug-likeness (QED) is 0.781. The van der Waals surface area contributed by atoms with E-state index in [1.807, 2.05) is 0 Å². The van der Waals surface area contributed by atoms with E-state index in [1.165, 1.54) is 18.4 Å². The number of hydrogen-bond acceptors (Lipinski definition) is 2. The molecule has 1 rings (SSSR count). The van der Waals surface area contributed by atoms with Crippen molar-refractivity contribution in [3.8, 4) is 6.07 Å². The van der Waals surface area contributed by atoms with Gasteiger partial charge >= 0.3 is 0 Å². The molecule has 0 aromatic heterocycles. The molecule has 1 aromatic rings. The summed E-state index contributed by atoms with van der Waals surface area (Å²) in [4.78, 5) is 0. The second-order valence-corrected chi connectivity index (χ2v) is 3.47. The first-order valence-electron chi connectivity index (χ1n) is 3.43. The fourth-order valence-electron chi connectivity index (χ4n) is 0.840. The highest BCUT2D eigenvalue weighted by Crippen LogP contribution is 2.13. The lowest BCUT2D eigenvalue weighted by Crippen LogP contribution is -2.01. The number of benzene rings is 1. The first-order chi connectivity index (χ1) is 6.13. The van der Waals surface area contributed by atoms with Gasteiger partial charge in [-0.15, -0.1) is 0 Å². The van der Waals surface area contributed by atoms with Crippen molar-refractivity contribution in [2.45, 2.75) is 0 Å². The number of nitrogens with zero attached hydrogens (tertiary/aromatic N) is 1. The van der Waals surface area contributed by atoms with Crippen molar-refractivity contribution in [3.05, 3.63) is 29.6 Å². The molecule has 1 unspecified atom stereocenters. The van der Waals surface area contributed by atoms with E-state index in [9.17, 15) is 8.60 Å². The zero-order chi connectivity index (χ0) is 9.84. The molecule has 0 aliphatic rings. The van der Waals surface area contributed by atoms with Crippen LogP contribution in [-0.2, 0) is 11.0 Å². The number of halogens is 1. The largest absolute Gasteiger partial charge is 0.305 e. The number of hydrogen-bond donors (Lipinski definition) is 1. The Balaban J connectivity index is 3.01. The van der Waals surface area contributed by atoms with Crippen LogP contribution in [0.2, 0.25) is 0 Å². The van der Waals surface area contributed by atoms with Crippen molar-refractivity contribution in [1.29, 1.82) is 5.26 Å². The topological polar surface area (TPSA) is 52.9 Å². The molecule has 1 aromatic carbocycles. The average molecular weight is 198 g/mol. The lowest BCUT2D eigenvalue weighted by molar-refractivity contribution is 0.624. The molecule has 0 aliphatic heterocycles. The van der Waals surface area contributed by atoms with Gasteiger partial charge < -0.3 is 4.72 Å². The third-order valence-corrected chi connectivity index (χ3v) is 1.87. The van der Waals surface area contributed by atoms with Gasteiger partial charge in [-0.2, -0.15) is 5.26 Å². The van der Waals surface area contributed by atoms with Crippen LogP contribution in [0.15, 0.2) is 18.2 Å². The smallest absolute Gasteiger partial charge is 0.141 e. The summed E-state index contributed by atoms with van der Waals surface area (Å²) >= 11 is 0. The fourth-order valence-corrected chi connectivity index (χ4v) is 1.30. The van der Waals surface area contributed by atoms with Crippen molar-refractivity contribution in [1.82, 2.24) is 0 Å². The van der Waals surface area contributed by atoms with Gasteiger partial charge in [-0.25, -0.2) is 8.60 Å². The van der Waals surface area contributed by atoms with Crippen LogP contribution >= 0.6 is 0 Å². The molecule has 0 amide bonds. The maximum absolute atomic E-state index is 12.8. The summed E-state index contributed by atoms with van der Waals surface area (Å²) in [6.45, 7) is 0. The lowest BCUT2D eigenvalue weighted by Gasteiger charge is -2.02. The van der Waals surface area contributed by atoms with Gasteiger partial charge in [0.05, 0.1) is 5.56 Å². The Bertz CT molecular complexity index is 386. The van der Waals surface area contributed by atoms with Gasteiger partial charge in [0.2, 0.25) is 0 Å². The summed E-state index contributed by atoms with van der Waals surface area (Å²) in [5, 5.41) is 8.48. The Labute approximate surface area is 77.8 Å². The van der Waals surface area contributed by atoms with Crippen LogP contribution in [0.1, 0.15) is 5.56 Å². The van der Waals surface area contributed by atoms with E-state index in [0.717, 1.165) is 6.07 Å². The number of nitriles is 1. The molecule has 0 saturated carbocycles. The predicted molar refractivity (Wildman–Crippen MR) is 48.8 cm³/mol. The van der Waals surface area contributed by atoms with E-state index in [0.29, 0.717) is 5.69 Å². The summed E-state index contributed by atoms with van der Waals surface area (Å²) in [5.41, 5.74) is 0.411. The second-order valence-electron chi connectivity index (χ2n) is 2.36. The van der Waals surface area contributed by atoms with Crippen LogP contribution in [0.4, 0.5) is 10.1 Å². The molecule has 3 nitrogen and oxygen atoms in total. The molecule has 0 spiro atoms. The van der Waals surface area contributed by atoms with E-state index >= 15 is 0 Å². The van der Waals surface area contributed by atoms with E-state index in [1.54, 1.807) is 6.07 Å². The maximum atomic E-state index is 12.8. The Morgan fingerprint density at radius 2 is 2.31 bits per heavy atom. The SMILES string of the molecule is CS(=O)Nc1ccc(F)c(C#N)c1. The molecular formula is C8H7FN2OS. The number of rotatable bonds is 2. The highest BCUT2D eigenvalue weighted by atomic mass is 32.2. The molecule has 13 heavy (non-hydrogen) atoms. The Hall–Kier alpha value is -1.41. The summed E-state index contributed by atoms with van der Waals surface area (Å²) in [5.74, 6) is -0.574. The molecule has 0 fully saturated rings. The van der Waals surface area contributed by atoms with E-state index < -0.39 is 16.8 Å². The molecule has 0 radical (unpaired) electrons. The molecule has 0 aliphatic carbocycles. The summed E-state index contributed by atoms with van der Waals surface area (Å²) < 4.78 is 26.1. The molecule has 0 bridgehead atoms. The Morgan fingerprint density at radius 3 is 2.85 bits per heavy atom. The highest BCUT2D eigenvalue weighted by Gasteiger charge is 2.02. The standard InChI is InChI=1S/C8H7FN2OS/c1-13(12)11-7-2-3-8(9)6(4-7)5-10/h2-4,11H,1H3. The van der Waals surface area contributed by atoms with Crippen LogP contribution in [0.3, 0.4) is 0 Å². The Morgan fingerprint density at radius 1 is 1.62 bits per heavy atom. The van der Waals surface area contributed by atoms with Gasteiger partial charge in [0.25, 0.3) is 0 Å². The molecule has 0 heterocycles. The van der Waals surface area contributed by atoms with Gasteiger partial charge in [0.15, 0.2) is 0 Å². The van der Waals surface area contributed by atoms with E-state index in [4.69, 9.17) is 5.26 Å². The minimum Gasteiger partial charge on any atom is -0.305 e. The summed E-state index contributed by atoms with van der Waals surface area (Å²) in [6.07, 6.45) is 1.45. The zero-order valence-electron chi connectivity index (χ0n) is 6.87. The average Bonchev–Trinajstić information content (AvgIpc) is 2.07. The van der Waals surface area contributed by atoms with Gasteiger partial charge in [-0.1, -0.05) is 0 Å². The third kappa shape index (κ3) is 2.53. The molecule has 68 valence electrons. The molecule has 1 N–H and O–H groups in total. The Kier molecular flexibility index (Phi) is 2.98. The highest BCUT2D eigenvalue weighted by molar-refractivity contribution is 7.85. The van der Waals surface area contributed by atoms with Crippen molar-refractivity contribution in [2.24, 2.45) is 0 Å². The minimum absolute atomic E-state index is 0.0598. The van der Waals surface area contributed by atoms with Gasteiger partial charge in [-0.3, -0.25) is 0 Å². The molecule has 1 atom stereocenters. The third-order valence-electron chi connectivity index (χ3n) is 1.35. The minimum atomic E-state index is -1.22. The van der Waals surface area contributed by atoms with Crippen LogP contribution in [-0.4, -0.2) is 10.5 Å². The van der Waals surface area contributed by atoms with E-state index in [-0.39, 0.29) is 5.56 Å². The van der Waals surface area contributed by atoms with Crippen molar-refractivity contribution in [2.75, 3.05) is 11.0 Å². The maximum Gasteiger partial charge on any atom is 0.141 e. The lowest BCUT2D eigenvalue weighted by atomic mass is 10.2. The van der Waals surface area contributed by atoms with E-state index in [2.05, 4.69) is 4.72 Å². The number of anilines is 1. The summed E-state index contributed by atoms with van der Waals surface area (Å²) in [7, 11) is -1.22. The van der Waals surface area contributed by atoms with Gasteiger partial charge in [-0.05, 0) is 18.2 Å². The van der Waals surface area contributed by atoms with Crippen molar-refractivity contribution >= 4 is 16.7 Å². The van der Waals surface area contributed by atoms with Gasteiger partial charge in [0, 0.05) is 11.9 Å². The first kappa shape index (κ1) is 9.68. The van der Waals surface area contributed by atoms with Gasteiger partial charge in [0.1, 0.15) is 22.9 Å². The monoisotopic (exact) mass is 198 g/mol. The first-order valence-corrected chi connectivity index (χ1v) is 4.99. The predicted octanol–water partition coefficient (Wildman–Crippen LogP) is 1.40. The second kappa shape index (κ2) is 4.01. The normalized spacial score (nSPS) is 11.8. The zero-order valence-corrected chi connectivity index (χ0v) is 7.69. The van der Waals surface area contributed by atoms with Crippen molar-refractivity contribution < 1.29 is 8.60 Å². The molecule has 5 heteroatoms. The summed E-state index contributed by atoms with van der Waals surface area (Å²) in [6, 6.07) is 5.60. The molecular weight excluding hydrogens is 191 g/mol. The number of nitrogens with one attached hydrogen (secondary N) is 1. The van der Waals surface area contributed by atoms with Crippen LogP contribution < -0.4 is 4.72 Å². The fraction of sp³-hybridized carbons (Fsp3) is 0.125. The van der Waals surface area contributed by atoms with Crippen molar-refractivity contribution in [3.63, 3.8) is 0 Å². The van der Waals surface area contributed by atoms with Crippen LogP contribution in [0, 0.1) is 17.1 Å². The van der Waals surface area contributed by atoms with Crippen LogP contribution in [0.25, 0.3) is 0 Å². The van der Waals surface area contributed by atoms with Crippen LogP contribution in [0.5, 0.6) is 0 Å². The molecule has 0 saturated heterocycles.